The van der Waals surface area contributed by atoms with Crippen molar-refractivity contribution in [3.63, 3.8) is 0 Å². The third kappa shape index (κ3) is 11.9. The Hall–Kier alpha value is -2.29. The minimum Gasteiger partial charge on any atom is -0.400 e. The van der Waals surface area contributed by atoms with Crippen molar-refractivity contribution in [1.29, 1.82) is 0 Å². The fraction of sp³-hybridized carbons (Fsp3) is 0.417. The Morgan fingerprint density at radius 2 is 1.88 bits per heavy atom. The van der Waals surface area contributed by atoms with Crippen molar-refractivity contribution in [1.82, 2.24) is 4.98 Å². The Morgan fingerprint density at radius 1 is 1.22 bits per heavy atom. The lowest BCUT2D eigenvalue weighted by molar-refractivity contribution is -0.137. The number of methoxy groups -OCH3 is 1. The maximum atomic E-state index is 12.5. The van der Waals surface area contributed by atoms with Crippen LogP contribution >= 0.6 is 11.3 Å². The molecule has 1 aromatic heterocycles. The van der Waals surface area contributed by atoms with Crippen molar-refractivity contribution < 1.29 is 27.8 Å². The summed E-state index contributed by atoms with van der Waals surface area (Å²) in [6, 6.07) is 5.15. The van der Waals surface area contributed by atoms with Gasteiger partial charge in [-0.25, -0.2) is 4.98 Å². The Kier molecular flexibility index (Phi) is 16.1. The van der Waals surface area contributed by atoms with Crippen LogP contribution in [0.1, 0.15) is 44.4 Å². The molecule has 0 bridgehead atoms. The highest BCUT2D eigenvalue weighted by Gasteiger charge is 2.30. The van der Waals surface area contributed by atoms with Crippen LogP contribution in [-0.4, -0.2) is 37.2 Å². The van der Waals surface area contributed by atoms with Gasteiger partial charge in [0, 0.05) is 31.6 Å². The Balaban J connectivity index is 0.000000635. The SMILES string of the molecule is C/C=C(\C=C/CC=O)COC.CCCCc1csc(-c2ccc(C(F)(F)F)cc2)n1.CO. The molecule has 4 nitrogen and oxygen atoms in total. The standard InChI is InChI=1S/C14H14F3NS.C9H14O2.CH4O/c1-2-3-4-12-9-19-13(18-12)10-5-7-11(8-6-10)14(15,16)17;1-3-9(8-11-2)6-4-5-7-10;1-2/h5-9H,2-4H2,1H3;3-4,6-7H,5,8H2,1-2H3;2H,1H3/b;6-4-,9-3+;. The first-order chi connectivity index (χ1) is 15.3. The number of nitrogens with zero attached hydrogens (tertiary/aromatic N) is 1. The van der Waals surface area contributed by atoms with Gasteiger partial charge in [0.25, 0.3) is 0 Å². The minimum absolute atomic E-state index is 0.473. The lowest BCUT2D eigenvalue weighted by atomic mass is 10.1. The van der Waals surface area contributed by atoms with E-state index in [-0.39, 0.29) is 0 Å². The summed E-state index contributed by atoms with van der Waals surface area (Å²) in [4.78, 5) is 14.4. The number of rotatable bonds is 9. The van der Waals surface area contributed by atoms with E-state index in [4.69, 9.17) is 9.84 Å². The second kappa shape index (κ2) is 17.3. The molecule has 0 aliphatic carbocycles. The van der Waals surface area contributed by atoms with Gasteiger partial charge in [-0.2, -0.15) is 13.2 Å². The van der Waals surface area contributed by atoms with E-state index >= 15 is 0 Å². The molecule has 0 atom stereocenters. The molecular weight excluding hydrogens is 439 g/mol. The van der Waals surface area contributed by atoms with E-state index in [2.05, 4.69) is 11.9 Å². The molecule has 0 unspecified atom stereocenters. The first-order valence-electron chi connectivity index (χ1n) is 10.2. The number of carbonyl (C=O) groups excluding carboxylic acids is 1. The van der Waals surface area contributed by atoms with E-state index in [0.29, 0.717) is 13.0 Å². The number of aldehydes is 1. The number of aromatic nitrogens is 1. The van der Waals surface area contributed by atoms with Crippen LogP contribution in [0.25, 0.3) is 10.6 Å². The Labute approximate surface area is 192 Å². The molecule has 0 spiro atoms. The van der Waals surface area contributed by atoms with Gasteiger partial charge in [0.2, 0.25) is 0 Å². The number of benzene rings is 1. The maximum Gasteiger partial charge on any atom is 0.416 e. The van der Waals surface area contributed by atoms with Gasteiger partial charge in [0.15, 0.2) is 0 Å². The zero-order valence-electron chi connectivity index (χ0n) is 19.0. The van der Waals surface area contributed by atoms with Gasteiger partial charge in [-0.15, -0.1) is 11.3 Å². The highest BCUT2D eigenvalue weighted by molar-refractivity contribution is 7.13. The summed E-state index contributed by atoms with van der Waals surface area (Å²) in [6.45, 7) is 4.66. The third-order valence-corrected chi connectivity index (χ3v) is 4.98. The smallest absolute Gasteiger partial charge is 0.400 e. The number of aliphatic hydroxyl groups excluding tert-OH is 1. The predicted octanol–water partition coefficient (Wildman–Crippen LogP) is 6.50. The minimum atomic E-state index is -4.28. The average molecular weight is 472 g/mol. The first-order valence-corrected chi connectivity index (χ1v) is 11.0. The van der Waals surface area contributed by atoms with Gasteiger partial charge in [0.05, 0.1) is 17.9 Å². The van der Waals surface area contributed by atoms with Crippen molar-refractivity contribution in [3.05, 3.63) is 64.7 Å². The van der Waals surface area contributed by atoms with Crippen LogP contribution in [0, 0.1) is 0 Å². The molecule has 0 saturated carbocycles. The topological polar surface area (TPSA) is 59.4 Å². The van der Waals surface area contributed by atoms with Gasteiger partial charge in [0.1, 0.15) is 11.3 Å². The molecule has 2 aromatic rings. The Morgan fingerprint density at radius 3 is 2.38 bits per heavy atom. The lowest BCUT2D eigenvalue weighted by Crippen LogP contribution is -2.03. The largest absolute Gasteiger partial charge is 0.416 e. The number of allylic oxidation sites excluding steroid dienone is 2. The summed E-state index contributed by atoms with van der Waals surface area (Å²) < 4.78 is 42.3. The van der Waals surface area contributed by atoms with Crippen molar-refractivity contribution in [2.24, 2.45) is 0 Å². The lowest BCUT2D eigenvalue weighted by Gasteiger charge is -2.06. The highest BCUT2D eigenvalue weighted by atomic mass is 32.1. The summed E-state index contributed by atoms with van der Waals surface area (Å²) in [6.07, 6.45) is 5.85. The number of ether oxygens (including phenoxy) is 1. The van der Waals surface area contributed by atoms with Gasteiger partial charge in [-0.05, 0) is 37.5 Å². The van der Waals surface area contributed by atoms with Crippen LogP contribution in [0.4, 0.5) is 13.2 Å². The van der Waals surface area contributed by atoms with Gasteiger partial charge < -0.3 is 14.6 Å². The van der Waals surface area contributed by atoms with Crippen LogP contribution in [0.2, 0.25) is 0 Å². The van der Waals surface area contributed by atoms with E-state index < -0.39 is 11.7 Å². The molecule has 0 aliphatic heterocycles. The second-order valence-corrected chi connectivity index (χ2v) is 7.28. The number of unbranched alkanes of at least 4 members (excludes halogenated alkanes) is 1. The number of aryl methyl sites for hydroxylation is 1. The monoisotopic (exact) mass is 471 g/mol. The number of hydrogen-bond donors (Lipinski definition) is 1. The fourth-order valence-electron chi connectivity index (χ4n) is 2.38. The molecule has 0 radical (unpaired) electrons. The van der Waals surface area contributed by atoms with E-state index in [1.165, 1.54) is 23.5 Å². The highest BCUT2D eigenvalue weighted by Crippen LogP contribution is 2.31. The summed E-state index contributed by atoms with van der Waals surface area (Å²) in [5.41, 5.74) is 2.22. The van der Waals surface area contributed by atoms with Crippen molar-refractivity contribution >= 4 is 17.6 Å². The number of carbonyl (C=O) groups is 1. The molecule has 32 heavy (non-hydrogen) atoms. The molecule has 2 rings (SSSR count). The Bertz CT molecular complexity index is 813. The van der Waals surface area contributed by atoms with Gasteiger partial charge in [-0.1, -0.05) is 43.7 Å². The molecule has 0 amide bonds. The molecule has 0 aliphatic rings. The molecule has 1 heterocycles. The zero-order chi connectivity index (χ0) is 24.4. The molecule has 8 heteroatoms. The van der Waals surface area contributed by atoms with Crippen molar-refractivity contribution in [2.45, 2.75) is 45.7 Å². The van der Waals surface area contributed by atoms with Gasteiger partial charge in [-0.3, -0.25) is 0 Å². The maximum absolute atomic E-state index is 12.5. The summed E-state index contributed by atoms with van der Waals surface area (Å²) >= 11 is 1.47. The van der Waals surface area contributed by atoms with E-state index in [9.17, 15) is 18.0 Å². The van der Waals surface area contributed by atoms with Crippen LogP contribution in [-0.2, 0) is 22.1 Å². The van der Waals surface area contributed by atoms with E-state index in [1.807, 2.05) is 30.5 Å². The predicted molar refractivity (Wildman–Crippen MR) is 125 cm³/mol. The average Bonchev–Trinajstić information content (AvgIpc) is 3.27. The molecule has 1 aromatic carbocycles. The molecule has 0 saturated heterocycles. The number of hydrogen-bond acceptors (Lipinski definition) is 5. The first kappa shape index (κ1) is 29.7. The van der Waals surface area contributed by atoms with Gasteiger partial charge >= 0.3 is 6.18 Å². The normalized spacial score (nSPS) is 11.4. The van der Waals surface area contributed by atoms with Crippen LogP contribution in [0.3, 0.4) is 0 Å². The number of aliphatic hydroxyl groups is 1. The molecule has 178 valence electrons. The van der Waals surface area contributed by atoms with Crippen molar-refractivity contribution in [3.8, 4) is 10.6 Å². The number of alkyl halides is 3. The van der Waals surface area contributed by atoms with Crippen molar-refractivity contribution in [2.75, 3.05) is 20.8 Å². The molecule has 0 fully saturated rings. The summed E-state index contributed by atoms with van der Waals surface area (Å²) in [7, 11) is 2.65. The fourth-order valence-corrected chi connectivity index (χ4v) is 3.24. The zero-order valence-corrected chi connectivity index (χ0v) is 19.8. The van der Waals surface area contributed by atoms with E-state index in [1.54, 1.807) is 7.11 Å². The van der Waals surface area contributed by atoms with Crippen LogP contribution < -0.4 is 0 Å². The van der Waals surface area contributed by atoms with E-state index in [0.717, 1.165) is 66.6 Å². The van der Waals surface area contributed by atoms with Crippen LogP contribution in [0.5, 0.6) is 0 Å². The number of halogens is 3. The molecule has 1 N–H and O–H groups in total. The summed E-state index contributed by atoms with van der Waals surface area (Å²) in [5, 5.41) is 9.75. The summed E-state index contributed by atoms with van der Waals surface area (Å²) in [5.74, 6) is 0. The quantitative estimate of drug-likeness (QED) is 0.335. The third-order valence-electron chi connectivity index (χ3n) is 4.04. The molecular formula is C24H32F3NO3S. The second-order valence-electron chi connectivity index (χ2n) is 6.42. The van der Waals surface area contributed by atoms with Crippen LogP contribution in [0.15, 0.2) is 53.4 Å². The number of thiazole rings is 1.